The predicted molar refractivity (Wildman–Crippen MR) is 122 cm³/mol. The van der Waals surface area contributed by atoms with E-state index in [2.05, 4.69) is 15.6 Å². The minimum Gasteiger partial charge on any atom is -0.341 e. The fourth-order valence-electron chi connectivity index (χ4n) is 4.24. The minimum absolute atomic E-state index is 0.0664. The highest BCUT2D eigenvalue weighted by Gasteiger charge is 2.25. The topological polar surface area (TPSA) is 79.3 Å². The number of fused-ring (bicyclic) bond motifs is 1. The van der Waals surface area contributed by atoms with Crippen molar-refractivity contribution in [2.24, 2.45) is 5.92 Å². The molecule has 0 spiro atoms. The number of likely N-dealkylation sites (tertiary alicyclic amines) is 1. The molecule has 1 saturated heterocycles. The number of carbonyl (C=O) groups is 2. The molecule has 0 aliphatic carbocycles. The normalized spacial score (nSPS) is 16.2. The number of piperidine rings is 1. The third kappa shape index (κ3) is 5.07. The lowest BCUT2D eigenvalue weighted by Crippen LogP contribution is -2.45. The van der Waals surface area contributed by atoms with Crippen LogP contribution in [0.4, 0.5) is 14.9 Å². The first-order chi connectivity index (χ1) is 15.5. The van der Waals surface area contributed by atoms with Crippen LogP contribution in [0.15, 0.2) is 48.5 Å². The van der Waals surface area contributed by atoms with Gasteiger partial charge in [0.25, 0.3) is 0 Å². The Morgan fingerprint density at radius 2 is 2.03 bits per heavy atom. The van der Waals surface area contributed by atoms with Crippen molar-refractivity contribution in [3.05, 3.63) is 60.2 Å². The van der Waals surface area contributed by atoms with Gasteiger partial charge in [0.15, 0.2) is 0 Å². The van der Waals surface area contributed by atoms with Gasteiger partial charge in [-0.1, -0.05) is 25.1 Å². The summed E-state index contributed by atoms with van der Waals surface area (Å²) in [7, 11) is 0. The highest BCUT2D eigenvalue weighted by Crippen LogP contribution is 2.20. The molecule has 7 nitrogen and oxygen atoms in total. The number of aryl methyl sites for hydroxylation is 1. The van der Waals surface area contributed by atoms with E-state index in [0.29, 0.717) is 18.8 Å². The molecule has 4 rings (SSSR count). The molecule has 0 bridgehead atoms. The van der Waals surface area contributed by atoms with Crippen LogP contribution in [0, 0.1) is 11.7 Å². The van der Waals surface area contributed by atoms with Gasteiger partial charge >= 0.3 is 6.03 Å². The summed E-state index contributed by atoms with van der Waals surface area (Å²) in [5, 5.41) is 5.48. The zero-order valence-corrected chi connectivity index (χ0v) is 18.2. The second-order valence-corrected chi connectivity index (χ2v) is 8.15. The summed E-state index contributed by atoms with van der Waals surface area (Å²) >= 11 is 0. The first-order valence-electron chi connectivity index (χ1n) is 11.1. The van der Waals surface area contributed by atoms with E-state index in [0.717, 1.165) is 42.7 Å². The molecule has 1 atom stereocenters. The molecule has 3 amide bonds. The first-order valence-corrected chi connectivity index (χ1v) is 11.1. The number of nitrogens with zero attached hydrogens (tertiary/aromatic N) is 3. The summed E-state index contributed by atoms with van der Waals surface area (Å²) in [4.78, 5) is 31.8. The van der Waals surface area contributed by atoms with E-state index in [1.165, 1.54) is 12.1 Å². The van der Waals surface area contributed by atoms with Crippen LogP contribution in [0.5, 0.6) is 0 Å². The Hall–Kier alpha value is -3.42. The number of nitrogens with one attached hydrogen (secondary N) is 2. The molecule has 3 aromatic rings. The van der Waals surface area contributed by atoms with Crippen molar-refractivity contribution in [2.45, 2.75) is 32.7 Å². The number of hydrogen-bond acceptors (Lipinski definition) is 3. The summed E-state index contributed by atoms with van der Waals surface area (Å²) in [6, 6.07) is 13.3. The van der Waals surface area contributed by atoms with Gasteiger partial charge < -0.3 is 20.1 Å². The number of amides is 3. The zero-order chi connectivity index (χ0) is 22.5. The van der Waals surface area contributed by atoms with Crippen molar-refractivity contribution < 1.29 is 14.0 Å². The molecule has 0 saturated carbocycles. The van der Waals surface area contributed by atoms with Crippen molar-refractivity contribution in [3.8, 4) is 0 Å². The smallest absolute Gasteiger partial charge is 0.319 e. The lowest BCUT2D eigenvalue weighted by atomic mass is 9.98. The molecule has 1 aliphatic rings. The molecule has 2 N–H and O–H groups in total. The maximum Gasteiger partial charge on any atom is 0.319 e. The number of carbonyl (C=O) groups excluding carboxylic acids is 2. The fourth-order valence-corrected chi connectivity index (χ4v) is 4.24. The number of para-hydroxylation sites is 2. The van der Waals surface area contributed by atoms with Gasteiger partial charge in [0.05, 0.1) is 11.0 Å². The third-order valence-corrected chi connectivity index (χ3v) is 5.85. The van der Waals surface area contributed by atoms with Gasteiger partial charge in [0.2, 0.25) is 5.91 Å². The zero-order valence-electron chi connectivity index (χ0n) is 18.2. The van der Waals surface area contributed by atoms with E-state index < -0.39 is 5.82 Å². The minimum atomic E-state index is -0.402. The van der Waals surface area contributed by atoms with Crippen LogP contribution in [-0.4, -0.2) is 46.0 Å². The van der Waals surface area contributed by atoms with E-state index in [-0.39, 0.29) is 24.4 Å². The number of halogens is 1. The Kier molecular flexibility index (Phi) is 6.68. The van der Waals surface area contributed by atoms with Gasteiger partial charge in [-0.2, -0.15) is 0 Å². The largest absolute Gasteiger partial charge is 0.341 e. The molecule has 0 unspecified atom stereocenters. The number of anilines is 1. The molecule has 32 heavy (non-hydrogen) atoms. The second kappa shape index (κ2) is 9.80. The van der Waals surface area contributed by atoms with E-state index in [4.69, 9.17) is 0 Å². The van der Waals surface area contributed by atoms with Crippen molar-refractivity contribution in [1.82, 2.24) is 19.8 Å². The monoisotopic (exact) mass is 437 g/mol. The van der Waals surface area contributed by atoms with Crippen LogP contribution in [0.25, 0.3) is 11.0 Å². The number of rotatable bonds is 6. The number of hydrogen-bond donors (Lipinski definition) is 2. The Morgan fingerprint density at radius 3 is 2.84 bits per heavy atom. The molecule has 2 heterocycles. The average molecular weight is 438 g/mol. The summed E-state index contributed by atoms with van der Waals surface area (Å²) in [5.74, 6) is 0.748. The highest BCUT2D eigenvalue weighted by molar-refractivity contribution is 5.89. The molecule has 1 fully saturated rings. The molecule has 8 heteroatoms. The quantitative estimate of drug-likeness (QED) is 0.616. The molecule has 2 aromatic carbocycles. The molecule has 0 radical (unpaired) electrons. The molecular formula is C24H28FN5O2. The van der Waals surface area contributed by atoms with E-state index in [1.54, 1.807) is 12.1 Å². The molecule has 1 aromatic heterocycles. The number of urea groups is 1. The average Bonchev–Trinajstić information content (AvgIpc) is 3.15. The van der Waals surface area contributed by atoms with Crippen molar-refractivity contribution >= 4 is 28.7 Å². The predicted octanol–water partition coefficient (Wildman–Crippen LogP) is 3.80. The van der Waals surface area contributed by atoms with Crippen LogP contribution < -0.4 is 10.6 Å². The van der Waals surface area contributed by atoms with Crippen LogP contribution >= 0.6 is 0 Å². The lowest BCUT2D eigenvalue weighted by molar-refractivity contribution is -0.133. The Bertz CT molecular complexity index is 1110. The SMILES string of the molecule is CCc1nc2ccccc2n1CC(=O)N1CCC[C@H](CNC(=O)Nc2cccc(F)c2)C1. The molecular weight excluding hydrogens is 409 g/mol. The number of benzene rings is 2. The van der Waals surface area contributed by atoms with E-state index in [1.807, 2.05) is 40.7 Å². The maximum atomic E-state index is 13.3. The lowest BCUT2D eigenvalue weighted by Gasteiger charge is -2.33. The summed E-state index contributed by atoms with van der Waals surface area (Å²) in [6.45, 7) is 4.09. The van der Waals surface area contributed by atoms with Gasteiger partial charge in [-0.3, -0.25) is 4.79 Å². The maximum absolute atomic E-state index is 13.3. The Balaban J connectivity index is 1.33. The van der Waals surface area contributed by atoms with Gasteiger partial charge in [-0.25, -0.2) is 14.2 Å². The van der Waals surface area contributed by atoms with Crippen molar-refractivity contribution in [3.63, 3.8) is 0 Å². The van der Waals surface area contributed by atoms with Crippen LogP contribution in [0.2, 0.25) is 0 Å². The standard InChI is InChI=1S/C24H28FN5O2/c1-2-22-28-20-10-3-4-11-21(20)30(22)16-23(31)29-12-6-7-17(15-29)14-26-24(32)27-19-9-5-8-18(25)13-19/h3-5,8-11,13,17H,2,6-7,12,14-16H2,1H3,(H2,26,27,32)/t17-/m1/s1. The number of aromatic nitrogens is 2. The van der Waals surface area contributed by atoms with Crippen LogP contribution in [-0.2, 0) is 17.8 Å². The molecule has 1 aliphatic heterocycles. The summed E-state index contributed by atoms with van der Waals surface area (Å²) in [6.07, 6.45) is 2.60. The van der Waals surface area contributed by atoms with Crippen molar-refractivity contribution in [1.29, 1.82) is 0 Å². The van der Waals surface area contributed by atoms with Gasteiger partial charge in [-0.15, -0.1) is 0 Å². The first kappa shape index (κ1) is 21.8. The second-order valence-electron chi connectivity index (χ2n) is 8.15. The van der Waals surface area contributed by atoms with Gasteiger partial charge in [-0.05, 0) is 49.1 Å². The summed E-state index contributed by atoms with van der Waals surface area (Å²) < 4.78 is 15.3. The highest BCUT2D eigenvalue weighted by atomic mass is 19.1. The fraction of sp³-hybridized carbons (Fsp3) is 0.375. The summed E-state index contributed by atoms with van der Waals surface area (Å²) in [5.41, 5.74) is 2.28. The van der Waals surface area contributed by atoms with Crippen LogP contribution in [0.3, 0.4) is 0 Å². The van der Waals surface area contributed by atoms with E-state index >= 15 is 0 Å². The third-order valence-electron chi connectivity index (χ3n) is 5.85. The Labute approximate surface area is 186 Å². The van der Waals surface area contributed by atoms with Crippen LogP contribution in [0.1, 0.15) is 25.6 Å². The molecule has 168 valence electrons. The van der Waals surface area contributed by atoms with Gasteiger partial charge in [0, 0.05) is 31.7 Å². The van der Waals surface area contributed by atoms with E-state index in [9.17, 15) is 14.0 Å². The Morgan fingerprint density at radius 1 is 1.19 bits per heavy atom. The number of imidazole rings is 1. The van der Waals surface area contributed by atoms with Gasteiger partial charge in [0.1, 0.15) is 18.2 Å². The van der Waals surface area contributed by atoms with Crippen molar-refractivity contribution in [2.75, 3.05) is 25.0 Å².